The van der Waals surface area contributed by atoms with Gasteiger partial charge in [-0.1, -0.05) is 32.9 Å². The van der Waals surface area contributed by atoms with Crippen molar-refractivity contribution in [3.8, 4) is 5.75 Å². The number of β-amino-alcohol motifs (C(OH)–C–C–N with tert-alkyl or cyclic N) is 1. The maximum absolute atomic E-state index is 10.1. The fourth-order valence-corrected chi connectivity index (χ4v) is 3.27. The SMILES string of the molecule is C[C@@H]1CN(C[C@H](O)COCCOc2ccc(C(C)(C)C)cc2)C[C@@H](C)O1. The molecule has 1 aliphatic rings. The molecule has 1 heterocycles. The highest BCUT2D eigenvalue weighted by atomic mass is 16.5. The lowest BCUT2D eigenvalue weighted by Gasteiger charge is -2.36. The average molecular weight is 366 g/mol. The van der Waals surface area contributed by atoms with E-state index in [-0.39, 0.29) is 17.6 Å². The molecule has 0 unspecified atom stereocenters. The third-order valence-electron chi connectivity index (χ3n) is 4.49. The van der Waals surface area contributed by atoms with Crippen molar-refractivity contribution in [1.82, 2.24) is 4.90 Å². The Bertz CT molecular complexity index is 516. The van der Waals surface area contributed by atoms with Crippen molar-refractivity contribution in [2.24, 2.45) is 0 Å². The molecular formula is C21H35NO4. The zero-order chi connectivity index (χ0) is 19.2. The molecule has 0 saturated carbocycles. The molecule has 26 heavy (non-hydrogen) atoms. The highest BCUT2D eigenvalue weighted by Gasteiger charge is 2.23. The van der Waals surface area contributed by atoms with Crippen LogP contribution >= 0.6 is 0 Å². The highest BCUT2D eigenvalue weighted by molar-refractivity contribution is 5.31. The molecule has 3 atom stereocenters. The third kappa shape index (κ3) is 7.23. The number of morpholine rings is 1. The van der Waals surface area contributed by atoms with Crippen LogP contribution in [0, 0.1) is 0 Å². The summed E-state index contributed by atoms with van der Waals surface area (Å²) in [5.41, 5.74) is 1.43. The largest absolute Gasteiger partial charge is 0.491 e. The van der Waals surface area contributed by atoms with Gasteiger partial charge in [0, 0.05) is 19.6 Å². The van der Waals surface area contributed by atoms with Crippen molar-refractivity contribution in [3.63, 3.8) is 0 Å². The van der Waals surface area contributed by atoms with Gasteiger partial charge in [0.25, 0.3) is 0 Å². The Kier molecular flexibility index (Phi) is 7.89. The average Bonchev–Trinajstić information content (AvgIpc) is 2.53. The van der Waals surface area contributed by atoms with Crippen LogP contribution in [0.3, 0.4) is 0 Å². The van der Waals surface area contributed by atoms with Crippen molar-refractivity contribution in [1.29, 1.82) is 0 Å². The quantitative estimate of drug-likeness (QED) is 0.718. The topological polar surface area (TPSA) is 51.2 Å². The van der Waals surface area contributed by atoms with Gasteiger partial charge in [-0.2, -0.15) is 0 Å². The van der Waals surface area contributed by atoms with Crippen LogP contribution in [-0.2, 0) is 14.9 Å². The maximum atomic E-state index is 10.1. The Balaban J connectivity index is 1.60. The van der Waals surface area contributed by atoms with E-state index in [2.05, 4.69) is 51.7 Å². The van der Waals surface area contributed by atoms with Crippen molar-refractivity contribution in [2.75, 3.05) is 39.5 Å². The standard InChI is InChI=1S/C21H35NO4/c1-16-12-22(13-17(2)26-16)14-19(23)15-24-10-11-25-20-8-6-18(7-9-20)21(3,4)5/h6-9,16-17,19,23H,10-15H2,1-5H3/t16-,17-,19+/m1/s1. The smallest absolute Gasteiger partial charge is 0.119 e. The Morgan fingerprint density at radius 1 is 1.12 bits per heavy atom. The normalized spacial score (nSPS) is 23.0. The lowest BCUT2D eigenvalue weighted by atomic mass is 9.87. The van der Waals surface area contributed by atoms with Crippen molar-refractivity contribution >= 4 is 0 Å². The molecule has 0 aromatic heterocycles. The van der Waals surface area contributed by atoms with Crippen molar-refractivity contribution < 1.29 is 19.3 Å². The molecule has 1 aromatic carbocycles. The highest BCUT2D eigenvalue weighted by Crippen LogP contribution is 2.24. The number of ether oxygens (including phenoxy) is 3. The summed E-state index contributed by atoms with van der Waals surface area (Å²) < 4.78 is 17.0. The summed E-state index contributed by atoms with van der Waals surface area (Å²) in [5.74, 6) is 0.846. The zero-order valence-electron chi connectivity index (χ0n) is 16.9. The molecule has 1 aromatic rings. The number of nitrogens with zero attached hydrogens (tertiary/aromatic N) is 1. The van der Waals surface area contributed by atoms with Gasteiger partial charge < -0.3 is 19.3 Å². The second-order valence-electron chi connectivity index (χ2n) is 8.33. The number of rotatable bonds is 8. The van der Waals surface area contributed by atoms with Gasteiger partial charge in [0.15, 0.2) is 0 Å². The van der Waals surface area contributed by atoms with Gasteiger partial charge in [0.05, 0.1) is 31.5 Å². The second-order valence-corrected chi connectivity index (χ2v) is 8.33. The summed E-state index contributed by atoms with van der Waals surface area (Å²) in [6.07, 6.45) is -0.0616. The van der Waals surface area contributed by atoms with Crippen LogP contribution in [0.2, 0.25) is 0 Å². The molecule has 148 valence electrons. The third-order valence-corrected chi connectivity index (χ3v) is 4.49. The number of aliphatic hydroxyl groups is 1. The van der Waals surface area contributed by atoms with Crippen LogP contribution in [0.5, 0.6) is 5.75 Å². The Morgan fingerprint density at radius 2 is 1.73 bits per heavy atom. The lowest BCUT2D eigenvalue weighted by Crippen LogP contribution is -2.48. The van der Waals surface area contributed by atoms with Crippen molar-refractivity contribution in [3.05, 3.63) is 29.8 Å². The molecule has 1 saturated heterocycles. The Morgan fingerprint density at radius 3 is 2.31 bits per heavy atom. The molecular weight excluding hydrogens is 330 g/mol. The van der Waals surface area contributed by atoms with Gasteiger partial charge in [-0.05, 0) is 37.0 Å². The van der Waals surface area contributed by atoms with E-state index in [4.69, 9.17) is 14.2 Å². The molecule has 1 fully saturated rings. The first-order valence-electron chi connectivity index (χ1n) is 9.61. The minimum absolute atomic E-state index is 0.147. The summed E-state index contributed by atoms with van der Waals surface area (Å²) >= 11 is 0. The summed E-state index contributed by atoms with van der Waals surface area (Å²) in [6, 6.07) is 8.20. The van der Waals surface area contributed by atoms with Crippen LogP contribution in [-0.4, -0.2) is 67.8 Å². The molecule has 0 bridgehead atoms. The van der Waals surface area contributed by atoms with Gasteiger partial charge in [0.1, 0.15) is 12.4 Å². The fourth-order valence-electron chi connectivity index (χ4n) is 3.27. The van der Waals surface area contributed by atoms with Crippen LogP contribution < -0.4 is 4.74 Å². The molecule has 0 spiro atoms. The molecule has 0 radical (unpaired) electrons. The van der Waals surface area contributed by atoms with E-state index in [0.717, 1.165) is 18.8 Å². The summed E-state index contributed by atoms with van der Waals surface area (Å²) in [7, 11) is 0. The number of aliphatic hydroxyl groups excluding tert-OH is 1. The molecule has 1 aliphatic heterocycles. The number of benzene rings is 1. The van der Waals surface area contributed by atoms with Crippen LogP contribution in [0.15, 0.2) is 24.3 Å². The Hall–Kier alpha value is -1.14. The molecule has 0 amide bonds. The van der Waals surface area contributed by atoms with E-state index in [9.17, 15) is 5.11 Å². The van der Waals surface area contributed by atoms with Gasteiger partial charge in [-0.25, -0.2) is 0 Å². The minimum Gasteiger partial charge on any atom is -0.491 e. The summed E-state index contributed by atoms with van der Waals surface area (Å²) in [5, 5.41) is 10.1. The monoisotopic (exact) mass is 365 g/mol. The predicted molar refractivity (Wildman–Crippen MR) is 104 cm³/mol. The second kappa shape index (κ2) is 9.70. The van der Waals surface area contributed by atoms with E-state index in [1.165, 1.54) is 5.56 Å². The van der Waals surface area contributed by atoms with Gasteiger partial charge in [-0.3, -0.25) is 4.90 Å². The first-order chi connectivity index (χ1) is 12.2. The van der Waals surface area contributed by atoms with E-state index in [1.807, 2.05) is 12.1 Å². The van der Waals surface area contributed by atoms with E-state index in [0.29, 0.717) is 26.4 Å². The summed E-state index contributed by atoms with van der Waals surface area (Å²) in [6.45, 7) is 14.3. The Labute approximate surface area is 158 Å². The van der Waals surface area contributed by atoms with Crippen LogP contribution in [0.4, 0.5) is 0 Å². The van der Waals surface area contributed by atoms with Crippen LogP contribution in [0.1, 0.15) is 40.2 Å². The van der Waals surface area contributed by atoms with E-state index < -0.39 is 6.10 Å². The molecule has 0 aliphatic carbocycles. The molecule has 5 nitrogen and oxygen atoms in total. The van der Waals surface area contributed by atoms with Gasteiger partial charge in [0.2, 0.25) is 0 Å². The van der Waals surface area contributed by atoms with Crippen LogP contribution in [0.25, 0.3) is 0 Å². The van der Waals surface area contributed by atoms with E-state index >= 15 is 0 Å². The number of hydrogen-bond donors (Lipinski definition) is 1. The lowest BCUT2D eigenvalue weighted by molar-refractivity contribution is -0.0824. The predicted octanol–water partition coefficient (Wildman–Crippen LogP) is 2.85. The maximum Gasteiger partial charge on any atom is 0.119 e. The van der Waals surface area contributed by atoms with E-state index in [1.54, 1.807) is 0 Å². The number of hydrogen-bond acceptors (Lipinski definition) is 5. The molecule has 1 N–H and O–H groups in total. The van der Waals surface area contributed by atoms with Crippen molar-refractivity contribution in [2.45, 2.75) is 58.3 Å². The first-order valence-corrected chi connectivity index (χ1v) is 9.61. The zero-order valence-corrected chi connectivity index (χ0v) is 16.9. The van der Waals surface area contributed by atoms with Gasteiger partial charge in [-0.15, -0.1) is 0 Å². The van der Waals surface area contributed by atoms with Gasteiger partial charge >= 0.3 is 0 Å². The minimum atomic E-state index is -0.487. The molecule has 5 heteroatoms. The first kappa shape index (κ1) is 21.2. The molecule has 2 rings (SSSR count). The summed E-state index contributed by atoms with van der Waals surface area (Å²) in [4.78, 5) is 2.24. The fraction of sp³-hybridized carbons (Fsp3) is 0.714.